The highest BCUT2D eigenvalue weighted by atomic mass is 16.1. The number of hydrogen-bond donors (Lipinski definition) is 2. The van der Waals surface area contributed by atoms with Crippen molar-refractivity contribution in [2.24, 2.45) is 5.92 Å². The van der Waals surface area contributed by atoms with E-state index in [4.69, 9.17) is 5.26 Å². The average Bonchev–Trinajstić information content (AvgIpc) is 2.54. The molecular weight excluding hydrogens is 274 g/mol. The molecule has 0 bridgehead atoms. The van der Waals surface area contributed by atoms with Crippen LogP contribution in [0.4, 0.5) is 5.69 Å². The number of carbonyl (C=O) groups is 1. The molecule has 1 atom stereocenters. The zero-order chi connectivity index (χ0) is 16.1. The highest BCUT2D eigenvalue weighted by molar-refractivity contribution is 5.80. The Balaban J connectivity index is 2.21. The lowest BCUT2D eigenvalue weighted by Gasteiger charge is -2.26. The van der Waals surface area contributed by atoms with E-state index in [1.54, 1.807) is 0 Å². The Hall–Kier alpha value is -2.28. The second-order valence-electron chi connectivity index (χ2n) is 5.99. The van der Waals surface area contributed by atoms with Crippen LogP contribution >= 0.6 is 0 Å². The van der Waals surface area contributed by atoms with E-state index in [0.29, 0.717) is 5.56 Å². The van der Waals surface area contributed by atoms with E-state index in [9.17, 15) is 4.79 Å². The normalized spacial score (nSPS) is 17.6. The van der Waals surface area contributed by atoms with Crippen LogP contribution in [0.25, 0.3) is 5.57 Å². The number of nitrogens with zero attached hydrogens (tertiary/aromatic N) is 1. The van der Waals surface area contributed by atoms with Gasteiger partial charge in [0.05, 0.1) is 11.6 Å². The number of hydrogen-bond acceptors (Lipinski definition) is 3. The maximum Gasteiger partial charge on any atom is 0.222 e. The molecule has 0 saturated heterocycles. The number of amides is 1. The molecule has 0 spiro atoms. The molecule has 1 amide bonds. The first kappa shape index (κ1) is 16.1. The molecule has 0 aromatic heterocycles. The summed E-state index contributed by atoms with van der Waals surface area (Å²) in [4.78, 5) is 11.9. The summed E-state index contributed by atoms with van der Waals surface area (Å²) in [5, 5.41) is 15.4. The molecule has 1 aromatic rings. The molecule has 0 aliphatic heterocycles. The molecule has 22 heavy (non-hydrogen) atoms. The van der Waals surface area contributed by atoms with Crippen LogP contribution in [0.15, 0.2) is 24.3 Å². The van der Waals surface area contributed by atoms with Gasteiger partial charge in [-0.1, -0.05) is 19.9 Å². The zero-order valence-electron chi connectivity index (χ0n) is 13.4. The molecule has 0 radical (unpaired) electrons. The minimum Gasteiger partial charge on any atom is -0.388 e. The Bertz CT molecular complexity index is 626. The number of nitrogens with one attached hydrogen (secondary N) is 2. The Morgan fingerprint density at radius 3 is 2.82 bits per heavy atom. The van der Waals surface area contributed by atoms with Gasteiger partial charge in [-0.2, -0.15) is 5.26 Å². The van der Waals surface area contributed by atoms with Crippen LogP contribution in [0.1, 0.15) is 44.2 Å². The molecule has 0 fully saturated rings. The van der Waals surface area contributed by atoms with Crippen LogP contribution in [-0.2, 0) is 4.79 Å². The summed E-state index contributed by atoms with van der Waals surface area (Å²) < 4.78 is 0. The average molecular weight is 297 g/mol. The standard InChI is InChI=1S/C18H23N3O/c1-12(2)18(22)21-15-6-4-5-14(10-15)16-9-13(11-19)7-8-17(16)20-3/h5,7-9,12,15,20H,4,6,10H2,1-3H3,(H,21,22). The summed E-state index contributed by atoms with van der Waals surface area (Å²) in [6, 6.07) is 8.04. The summed E-state index contributed by atoms with van der Waals surface area (Å²) in [5.41, 5.74) is 3.93. The number of rotatable bonds is 4. The fraction of sp³-hybridized carbons (Fsp3) is 0.444. The van der Waals surface area contributed by atoms with Gasteiger partial charge >= 0.3 is 0 Å². The third kappa shape index (κ3) is 3.67. The van der Waals surface area contributed by atoms with Crippen molar-refractivity contribution in [3.8, 4) is 6.07 Å². The Kier molecular flexibility index (Phi) is 5.21. The third-order valence-corrected chi connectivity index (χ3v) is 4.01. The van der Waals surface area contributed by atoms with Crippen molar-refractivity contribution in [3.05, 3.63) is 35.4 Å². The number of anilines is 1. The minimum atomic E-state index is 0.00384. The third-order valence-electron chi connectivity index (χ3n) is 4.01. The van der Waals surface area contributed by atoms with E-state index in [1.165, 1.54) is 5.57 Å². The minimum absolute atomic E-state index is 0.00384. The Morgan fingerprint density at radius 1 is 1.41 bits per heavy atom. The van der Waals surface area contributed by atoms with Crippen molar-refractivity contribution in [1.29, 1.82) is 5.26 Å². The summed E-state index contributed by atoms with van der Waals surface area (Å²) in [5.74, 6) is 0.106. The first-order valence-electron chi connectivity index (χ1n) is 7.76. The van der Waals surface area contributed by atoms with Gasteiger partial charge in [0.2, 0.25) is 5.91 Å². The number of carbonyl (C=O) groups excluding carboxylic acids is 1. The van der Waals surface area contributed by atoms with E-state index in [-0.39, 0.29) is 17.9 Å². The van der Waals surface area contributed by atoms with Crippen LogP contribution in [0.2, 0.25) is 0 Å². The predicted octanol–water partition coefficient (Wildman–Crippen LogP) is 3.31. The summed E-state index contributed by atoms with van der Waals surface area (Å²) >= 11 is 0. The fourth-order valence-electron chi connectivity index (χ4n) is 2.72. The van der Waals surface area contributed by atoms with Crippen LogP contribution in [0.5, 0.6) is 0 Å². The van der Waals surface area contributed by atoms with Crippen molar-refractivity contribution in [1.82, 2.24) is 5.32 Å². The van der Waals surface area contributed by atoms with Crippen molar-refractivity contribution < 1.29 is 4.79 Å². The lowest BCUT2D eigenvalue weighted by molar-refractivity contribution is -0.124. The molecule has 1 aromatic carbocycles. The molecule has 1 unspecified atom stereocenters. The quantitative estimate of drug-likeness (QED) is 0.896. The highest BCUT2D eigenvalue weighted by Gasteiger charge is 2.21. The van der Waals surface area contributed by atoms with Gasteiger partial charge < -0.3 is 10.6 Å². The molecule has 2 rings (SSSR count). The van der Waals surface area contributed by atoms with E-state index >= 15 is 0 Å². The van der Waals surface area contributed by atoms with Crippen LogP contribution in [0.3, 0.4) is 0 Å². The van der Waals surface area contributed by atoms with Gasteiger partial charge in [0.25, 0.3) is 0 Å². The maximum absolute atomic E-state index is 11.9. The lowest BCUT2D eigenvalue weighted by Crippen LogP contribution is -2.38. The summed E-state index contributed by atoms with van der Waals surface area (Å²) in [6.45, 7) is 3.81. The number of benzene rings is 1. The molecule has 4 nitrogen and oxygen atoms in total. The molecular formula is C18H23N3O. The van der Waals surface area contributed by atoms with Crippen LogP contribution in [-0.4, -0.2) is 19.0 Å². The van der Waals surface area contributed by atoms with Gasteiger partial charge in [-0.15, -0.1) is 0 Å². The summed E-state index contributed by atoms with van der Waals surface area (Å²) in [7, 11) is 1.88. The maximum atomic E-state index is 11.9. The molecule has 116 valence electrons. The second-order valence-corrected chi connectivity index (χ2v) is 5.99. The molecule has 4 heteroatoms. The summed E-state index contributed by atoms with van der Waals surface area (Å²) in [6.07, 6.45) is 4.93. The largest absolute Gasteiger partial charge is 0.388 e. The van der Waals surface area contributed by atoms with Gasteiger partial charge in [-0.05, 0) is 43.0 Å². The highest BCUT2D eigenvalue weighted by Crippen LogP contribution is 2.32. The Morgan fingerprint density at radius 2 is 2.18 bits per heavy atom. The smallest absolute Gasteiger partial charge is 0.222 e. The fourth-order valence-corrected chi connectivity index (χ4v) is 2.72. The molecule has 1 aliphatic carbocycles. The Labute approximate surface area is 132 Å². The van der Waals surface area contributed by atoms with Gasteiger partial charge in [-0.25, -0.2) is 0 Å². The molecule has 1 aliphatic rings. The van der Waals surface area contributed by atoms with Gasteiger partial charge in [0.1, 0.15) is 0 Å². The molecule has 0 saturated carbocycles. The van der Waals surface area contributed by atoms with Crippen molar-refractivity contribution in [3.63, 3.8) is 0 Å². The topological polar surface area (TPSA) is 64.9 Å². The zero-order valence-corrected chi connectivity index (χ0v) is 13.4. The monoisotopic (exact) mass is 297 g/mol. The first-order valence-corrected chi connectivity index (χ1v) is 7.76. The van der Waals surface area contributed by atoms with Gasteiger partial charge in [-0.3, -0.25) is 4.79 Å². The van der Waals surface area contributed by atoms with Crippen LogP contribution in [0, 0.1) is 17.2 Å². The van der Waals surface area contributed by atoms with Gasteiger partial charge in [0, 0.05) is 30.3 Å². The van der Waals surface area contributed by atoms with Crippen molar-refractivity contribution in [2.45, 2.75) is 39.2 Å². The number of nitriles is 1. The van der Waals surface area contributed by atoms with Gasteiger partial charge in [0.15, 0.2) is 0 Å². The molecule has 0 heterocycles. The molecule has 2 N–H and O–H groups in total. The second kappa shape index (κ2) is 7.13. The van der Waals surface area contributed by atoms with Crippen molar-refractivity contribution in [2.75, 3.05) is 12.4 Å². The predicted molar refractivity (Wildman–Crippen MR) is 89.3 cm³/mol. The van der Waals surface area contributed by atoms with E-state index in [0.717, 1.165) is 30.5 Å². The van der Waals surface area contributed by atoms with E-state index < -0.39 is 0 Å². The lowest BCUT2D eigenvalue weighted by atomic mass is 9.88. The van der Waals surface area contributed by atoms with Crippen molar-refractivity contribution >= 4 is 17.2 Å². The SMILES string of the molecule is CNc1ccc(C#N)cc1C1=CCCC(NC(=O)C(C)C)C1. The van der Waals surface area contributed by atoms with Crippen LogP contribution < -0.4 is 10.6 Å². The van der Waals surface area contributed by atoms with E-state index in [2.05, 4.69) is 22.8 Å². The van der Waals surface area contributed by atoms with E-state index in [1.807, 2.05) is 39.1 Å². The number of allylic oxidation sites excluding steroid dienone is 1. The first-order chi connectivity index (χ1) is 10.5.